The van der Waals surface area contributed by atoms with Crippen molar-refractivity contribution in [2.45, 2.75) is 41.5 Å². The Bertz CT molecular complexity index is 1120. The molecule has 4 aromatic rings. The predicted molar refractivity (Wildman–Crippen MR) is 136 cm³/mol. The molecule has 0 amide bonds. The minimum Gasteiger partial charge on any atom is -0.265 e. The first kappa shape index (κ1) is 21.1. The van der Waals surface area contributed by atoms with Gasteiger partial charge in [-0.3, -0.25) is 4.98 Å². The molecule has 0 bridgehead atoms. The van der Waals surface area contributed by atoms with Crippen molar-refractivity contribution in [2.75, 3.05) is 0 Å². The van der Waals surface area contributed by atoms with E-state index in [4.69, 9.17) is 0 Å². The van der Waals surface area contributed by atoms with Crippen LogP contribution in [0.3, 0.4) is 0 Å². The maximum atomic E-state index is 4.15. The van der Waals surface area contributed by atoms with Gasteiger partial charge in [0, 0.05) is 12.4 Å². The molecule has 4 rings (SSSR count). The lowest BCUT2D eigenvalue weighted by atomic mass is 9.34. The molecule has 0 spiro atoms. The van der Waals surface area contributed by atoms with Crippen molar-refractivity contribution in [1.29, 1.82) is 0 Å². The summed E-state index contributed by atoms with van der Waals surface area (Å²) in [5.74, 6) is 0. The van der Waals surface area contributed by atoms with E-state index in [9.17, 15) is 0 Å². The molecule has 0 aliphatic heterocycles. The van der Waals surface area contributed by atoms with E-state index in [-0.39, 0.29) is 6.71 Å². The van der Waals surface area contributed by atoms with E-state index in [1.165, 1.54) is 60.9 Å². The first-order chi connectivity index (χ1) is 14.8. The van der Waals surface area contributed by atoms with Gasteiger partial charge in [0.1, 0.15) is 0 Å². The highest BCUT2D eigenvalue weighted by molar-refractivity contribution is 6.96. The molecule has 1 nitrogen and oxygen atoms in total. The Labute approximate surface area is 187 Å². The van der Waals surface area contributed by atoms with E-state index in [1.54, 1.807) is 0 Å². The van der Waals surface area contributed by atoms with Crippen molar-refractivity contribution in [2.24, 2.45) is 0 Å². The number of aryl methyl sites for hydroxylation is 6. The first-order valence-corrected chi connectivity index (χ1v) is 11.0. The van der Waals surface area contributed by atoms with Gasteiger partial charge in [-0.1, -0.05) is 98.3 Å². The summed E-state index contributed by atoms with van der Waals surface area (Å²) in [7, 11) is 0. The molecule has 1 aromatic heterocycles. The summed E-state index contributed by atoms with van der Waals surface area (Å²) in [6.07, 6.45) is 3.70. The van der Waals surface area contributed by atoms with E-state index >= 15 is 0 Å². The number of benzene rings is 3. The highest BCUT2D eigenvalue weighted by atomic mass is 14.6. The summed E-state index contributed by atoms with van der Waals surface area (Å²) >= 11 is 0. The highest BCUT2D eigenvalue weighted by Crippen LogP contribution is 2.18. The lowest BCUT2D eigenvalue weighted by Crippen LogP contribution is -2.55. The summed E-state index contributed by atoms with van der Waals surface area (Å²) in [6, 6.07) is 22.5. The SMILES string of the molecule is Cc1cc(C)c(B(c2ccc(-c3ccncc3)cc2)c2c(C)cc(C)cc2C)c(C)c1. The van der Waals surface area contributed by atoms with Crippen molar-refractivity contribution in [1.82, 2.24) is 4.98 Å². The van der Waals surface area contributed by atoms with Crippen molar-refractivity contribution in [3.05, 3.63) is 106 Å². The van der Waals surface area contributed by atoms with Crippen LogP contribution in [0.5, 0.6) is 0 Å². The van der Waals surface area contributed by atoms with Gasteiger partial charge in [-0.05, 0) is 64.8 Å². The molecule has 0 saturated carbocycles. The van der Waals surface area contributed by atoms with Crippen LogP contribution >= 0.6 is 0 Å². The Balaban J connectivity index is 1.92. The smallest absolute Gasteiger partial charge is 0.242 e. The average molecular weight is 403 g/mol. The monoisotopic (exact) mass is 403 g/mol. The summed E-state index contributed by atoms with van der Waals surface area (Å²) in [4.78, 5) is 4.15. The molecular weight excluding hydrogens is 373 g/mol. The summed E-state index contributed by atoms with van der Waals surface area (Å²) in [6.45, 7) is 13.6. The lowest BCUT2D eigenvalue weighted by molar-refractivity contribution is 1.33. The van der Waals surface area contributed by atoms with E-state index in [0.717, 1.165) is 0 Å². The molecule has 0 aliphatic carbocycles. The minimum atomic E-state index is 0.215. The molecule has 31 heavy (non-hydrogen) atoms. The molecule has 0 N–H and O–H groups in total. The fraction of sp³-hybridized carbons (Fsp3) is 0.207. The van der Waals surface area contributed by atoms with Crippen LogP contribution in [0.25, 0.3) is 11.1 Å². The number of aromatic nitrogens is 1. The lowest BCUT2D eigenvalue weighted by Gasteiger charge is -2.24. The molecule has 0 aliphatic rings. The van der Waals surface area contributed by atoms with Crippen molar-refractivity contribution >= 4 is 23.1 Å². The van der Waals surface area contributed by atoms with Gasteiger partial charge in [-0.25, -0.2) is 0 Å². The van der Waals surface area contributed by atoms with Gasteiger partial charge in [0.15, 0.2) is 0 Å². The summed E-state index contributed by atoms with van der Waals surface area (Å²) in [5, 5.41) is 0. The zero-order valence-corrected chi connectivity index (χ0v) is 19.5. The number of pyridine rings is 1. The Morgan fingerprint density at radius 2 is 0.903 bits per heavy atom. The summed E-state index contributed by atoms with van der Waals surface area (Å²) < 4.78 is 0. The molecule has 0 unspecified atom stereocenters. The normalized spacial score (nSPS) is 10.9. The Morgan fingerprint density at radius 1 is 0.516 bits per heavy atom. The van der Waals surface area contributed by atoms with Gasteiger partial charge in [-0.2, -0.15) is 0 Å². The topological polar surface area (TPSA) is 12.9 Å². The Hall–Kier alpha value is -3.13. The van der Waals surface area contributed by atoms with Crippen LogP contribution in [0.4, 0.5) is 0 Å². The molecule has 0 radical (unpaired) electrons. The van der Waals surface area contributed by atoms with Gasteiger partial charge in [0.25, 0.3) is 0 Å². The van der Waals surface area contributed by atoms with Crippen molar-refractivity contribution in [3.63, 3.8) is 0 Å². The van der Waals surface area contributed by atoms with E-state index in [1.807, 2.05) is 12.4 Å². The summed E-state index contributed by atoms with van der Waals surface area (Å²) in [5.41, 5.74) is 14.7. The third-order valence-electron chi connectivity index (χ3n) is 6.31. The standard InChI is InChI=1S/C29H30BN/c1-19-15-21(3)28(22(4)16-19)30(29-23(5)17-20(2)18-24(29)6)27-9-7-25(8-10-27)26-11-13-31-14-12-26/h7-18H,1-6H3. The Morgan fingerprint density at radius 3 is 1.32 bits per heavy atom. The zero-order valence-electron chi connectivity index (χ0n) is 19.5. The molecule has 154 valence electrons. The number of hydrogen-bond acceptors (Lipinski definition) is 1. The van der Waals surface area contributed by atoms with Crippen LogP contribution in [0.1, 0.15) is 33.4 Å². The maximum Gasteiger partial charge on any atom is 0.242 e. The third-order valence-corrected chi connectivity index (χ3v) is 6.31. The number of rotatable bonds is 4. The fourth-order valence-electron chi connectivity index (χ4n) is 5.18. The van der Waals surface area contributed by atoms with Gasteiger partial charge in [-0.15, -0.1) is 0 Å². The van der Waals surface area contributed by atoms with Crippen LogP contribution in [-0.4, -0.2) is 11.7 Å². The van der Waals surface area contributed by atoms with E-state index < -0.39 is 0 Å². The second kappa shape index (κ2) is 8.55. The Kier molecular flexibility index (Phi) is 5.82. The van der Waals surface area contributed by atoms with E-state index in [0.29, 0.717) is 0 Å². The molecule has 0 fully saturated rings. The molecule has 1 heterocycles. The highest BCUT2D eigenvalue weighted by Gasteiger charge is 2.28. The van der Waals surface area contributed by atoms with Crippen LogP contribution in [0.2, 0.25) is 0 Å². The van der Waals surface area contributed by atoms with Crippen LogP contribution < -0.4 is 16.4 Å². The first-order valence-electron chi connectivity index (χ1n) is 11.0. The molecule has 0 saturated heterocycles. The van der Waals surface area contributed by atoms with E-state index in [2.05, 4.69) is 107 Å². The van der Waals surface area contributed by atoms with Crippen LogP contribution in [-0.2, 0) is 0 Å². The van der Waals surface area contributed by atoms with Crippen LogP contribution in [0.15, 0.2) is 73.1 Å². The number of hydrogen-bond donors (Lipinski definition) is 0. The fourth-order valence-corrected chi connectivity index (χ4v) is 5.18. The predicted octanol–water partition coefficient (Wildman–Crippen LogP) is 5.12. The maximum absolute atomic E-state index is 4.15. The quantitative estimate of drug-likeness (QED) is 0.431. The van der Waals surface area contributed by atoms with Crippen molar-refractivity contribution in [3.8, 4) is 11.1 Å². The van der Waals surface area contributed by atoms with Gasteiger partial charge >= 0.3 is 0 Å². The van der Waals surface area contributed by atoms with Crippen LogP contribution in [0, 0.1) is 41.5 Å². The van der Waals surface area contributed by atoms with Gasteiger partial charge < -0.3 is 0 Å². The number of nitrogens with zero attached hydrogens (tertiary/aromatic N) is 1. The molecule has 0 atom stereocenters. The van der Waals surface area contributed by atoms with Gasteiger partial charge in [0.05, 0.1) is 0 Å². The molecule has 3 aromatic carbocycles. The average Bonchev–Trinajstić information content (AvgIpc) is 2.72. The van der Waals surface area contributed by atoms with Crippen molar-refractivity contribution < 1.29 is 0 Å². The largest absolute Gasteiger partial charge is 0.265 e. The minimum absolute atomic E-state index is 0.215. The zero-order chi connectivity index (χ0) is 22.1. The third kappa shape index (κ3) is 4.21. The second-order valence-corrected chi connectivity index (χ2v) is 8.92. The molecular formula is C29H30BN. The second-order valence-electron chi connectivity index (χ2n) is 8.92. The van der Waals surface area contributed by atoms with Gasteiger partial charge in [0.2, 0.25) is 6.71 Å². The molecule has 2 heteroatoms.